The number of nitrogens with one attached hydrogen (secondary N) is 1. The number of imidazole rings is 1. The summed E-state index contributed by atoms with van der Waals surface area (Å²) >= 11 is 0. The molecule has 1 aromatic carbocycles. The number of rotatable bonds is 7. The number of aryl methyl sites for hydroxylation is 1. The number of piperidine rings is 1. The number of aromatic nitrogens is 3. The largest absolute Gasteiger partial charge is 0.347 e. The van der Waals surface area contributed by atoms with Gasteiger partial charge in [-0.2, -0.15) is 0 Å². The van der Waals surface area contributed by atoms with Gasteiger partial charge in [0.1, 0.15) is 5.82 Å². The van der Waals surface area contributed by atoms with E-state index in [9.17, 15) is 4.79 Å². The van der Waals surface area contributed by atoms with Crippen molar-refractivity contribution < 1.29 is 4.79 Å². The van der Waals surface area contributed by atoms with Gasteiger partial charge < -0.3 is 9.88 Å². The first kappa shape index (κ1) is 22.1. The molecule has 0 unspecified atom stereocenters. The Labute approximate surface area is 196 Å². The number of carbonyl (C=O) groups excluding carboxylic acids is 1. The summed E-state index contributed by atoms with van der Waals surface area (Å²) in [7, 11) is 2.10. The molecule has 2 fully saturated rings. The third kappa shape index (κ3) is 5.11. The lowest BCUT2D eigenvalue weighted by atomic mass is 9.88. The van der Waals surface area contributed by atoms with E-state index in [1.165, 1.54) is 31.2 Å². The molecule has 6 heteroatoms. The van der Waals surface area contributed by atoms with Gasteiger partial charge in [-0.1, -0.05) is 31.0 Å². The molecule has 0 bridgehead atoms. The first-order chi connectivity index (χ1) is 16.2. The van der Waals surface area contributed by atoms with Gasteiger partial charge >= 0.3 is 0 Å². The summed E-state index contributed by atoms with van der Waals surface area (Å²) in [5.41, 5.74) is 3.20. The van der Waals surface area contributed by atoms with Crippen LogP contribution in [0.4, 0.5) is 0 Å². The Morgan fingerprint density at radius 2 is 1.91 bits per heavy atom. The SMILES string of the molecule is Cn1c(CN2CCC[C@@H]([C@H](NC(=O)CC3CCCC3)c3ccccn3)C2)nc2ccccc21. The van der Waals surface area contributed by atoms with Gasteiger partial charge in [-0.25, -0.2) is 4.98 Å². The molecular weight excluding hydrogens is 410 g/mol. The van der Waals surface area contributed by atoms with Gasteiger partial charge in [-0.05, 0) is 68.3 Å². The molecule has 1 aliphatic heterocycles. The minimum Gasteiger partial charge on any atom is -0.347 e. The average Bonchev–Trinajstić information content (AvgIpc) is 3.46. The highest BCUT2D eigenvalue weighted by atomic mass is 16.1. The summed E-state index contributed by atoms with van der Waals surface area (Å²) in [6.07, 6.45) is 9.63. The lowest BCUT2D eigenvalue weighted by Crippen LogP contribution is -2.43. The summed E-state index contributed by atoms with van der Waals surface area (Å²) in [5, 5.41) is 3.40. The van der Waals surface area contributed by atoms with E-state index in [-0.39, 0.29) is 11.9 Å². The predicted molar refractivity (Wildman–Crippen MR) is 130 cm³/mol. The Hall–Kier alpha value is -2.73. The van der Waals surface area contributed by atoms with E-state index in [1.807, 2.05) is 24.4 Å². The first-order valence-electron chi connectivity index (χ1n) is 12.5. The fraction of sp³-hybridized carbons (Fsp3) is 0.519. The molecule has 2 aromatic heterocycles. The second kappa shape index (κ2) is 10.0. The number of likely N-dealkylation sites (tertiary alicyclic amines) is 1. The molecular formula is C27H35N5O. The Balaban J connectivity index is 1.30. The van der Waals surface area contributed by atoms with Crippen LogP contribution in [0.3, 0.4) is 0 Å². The topological polar surface area (TPSA) is 63.0 Å². The number of benzene rings is 1. The molecule has 1 aliphatic carbocycles. The number of hydrogen-bond acceptors (Lipinski definition) is 4. The lowest BCUT2D eigenvalue weighted by Gasteiger charge is -2.37. The van der Waals surface area contributed by atoms with Crippen LogP contribution in [-0.4, -0.2) is 38.4 Å². The fourth-order valence-corrected chi connectivity index (χ4v) is 5.75. The van der Waals surface area contributed by atoms with Gasteiger partial charge in [0.15, 0.2) is 0 Å². The Morgan fingerprint density at radius 1 is 1.09 bits per heavy atom. The highest BCUT2D eigenvalue weighted by Crippen LogP contribution is 2.32. The van der Waals surface area contributed by atoms with Gasteiger partial charge in [0, 0.05) is 26.2 Å². The van der Waals surface area contributed by atoms with Gasteiger partial charge in [0.2, 0.25) is 5.91 Å². The fourth-order valence-electron chi connectivity index (χ4n) is 5.75. The van der Waals surface area contributed by atoms with Crippen LogP contribution in [0.25, 0.3) is 11.0 Å². The maximum Gasteiger partial charge on any atom is 0.220 e. The van der Waals surface area contributed by atoms with Crippen LogP contribution >= 0.6 is 0 Å². The van der Waals surface area contributed by atoms with E-state index in [2.05, 4.69) is 51.1 Å². The normalized spacial score (nSPS) is 20.8. The molecule has 5 rings (SSSR count). The van der Waals surface area contributed by atoms with Crippen molar-refractivity contribution in [3.05, 3.63) is 60.2 Å². The summed E-state index contributed by atoms with van der Waals surface area (Å²) in [6.45, 7) is 2.82. The Kier molecular flexibility index (Phi) is 6.72. The van der Waals surface area contributed by atoms with Crippen LogP contribution in [0.1, 0.15) is 62.5 Å². The van der Waals surface area contributed by atoms with Gasteiger partial charge in [-0.15, -0.1) is 0 Å². The molecule has 0 radical (unpaired) electrons. The second-order valence-electron chi connectivity index (χ2n) is 9.87. The lowest BCUT2D eigenvalue weighted by molar-refractivity contribution is -0.123. The van der Waals surface area contributed by atoms with Crippen molar-refractivity contribution in [2.24, 2.45) is 18.9 Å². The summed E-state index contributed by atoms with van der Waals surface area (Å²) < 4.78 is 2.21. The van der Waals surface area contributed by atoms with E-state index in [1.54, 1.807) is 0 Å². The molecule has 3 aromatic rings. The molecule has 1 amide bonds. The summed E-state index contributed by atoms with van der Waals surface area (Å²) in [4.78, 5) is 25.0. The van der Waals surface area contributed by atoms with Crippen LogP contribution in [0.5, 0.6) is 0 Å². The van der Waals surface area contributed by atoms with Crippen LogP contribution in [0.2, 0.25) is 0 Å². The Bertz CT molecular complexity index is 1070. The number of pyridine rings is 1. The molecule has 2 atom stereocenters. The summed E-state index contributed by atoms with van der Waals surface area (Å²) in [5.74, 6) is 2.17. The molecule has 6 nitrogen and oxygen atoms in total. The number of para-hydroxylation sites is 2. The second-order valence-corrected chi connectivity index (χ2v) is 9.87. The van der Waals surface area contributed by atoms with Crippen molar-refractivity contribution in [1.82, 2.24) is 24.8 Å². The predicted octanol–water partition coefficient (Wildman–Crippen LogP) is 4.62. The van der Waals surface area contributed by atoms with Crippen LogP contribution in [-0.2, 0) is 18.4 Å². The average molecular weight is 446 g/mol. The third-order valence-electron chi connectivity index (χ3n) is 7.53. The maximum atomic E-state index is 13.0. The van der Waals surface area contributed by atoms with Crippen molar-refractivity contribution in [2.45, 2.75) is 57.5 Å². The smallest absolute Gasteiger partial charge is 0.220 e. The monoisotopic (exact) mass is 445 g/mol. The highest BCUT2D eigenvalue weighted by Gasteiger charge is 2.31. The number of fused-ring (bicyclic) bond motifs is 1. The van der Waals surface area contributed by atoms with E-state index < -0.39 is 0 Å². The molecule has 174 valence electrons. The number of nitrogens with zero attached hydrogens (tertiary/aromatic N) is 4. The number of carbonyl (C=O) groups is 1. The molecule has 2 aliphatic rings. The van der Waals surface area contributed by atoms with Crippen molar-refractivity contribution in [3.8, 4) is 0 Å². The van der Waals surface area contributed by atoms with Gasteiger partial charge in [-0.3, -0.25) is 14.7 Å². The van der Waals surface area contributed by atoms with Crippen molar-refractivity contribution in [3.63, 3.8) is 0 Å². The minimum absolute atomic E-state index is 0.0386. The molecule has 1 saturated carbocycles. The summed E-state index contributed by atoms with van der Waals surface area (Å²) in [6, 6.07) is 14.3. The number of hydrogen-bond donors (Lipinski definition) is 1. The molecule has 0 spiro atoms. The zero-order valence-corrected chi connectivity index (χ0v) is 19.6. The van der Waals surface area contributed by atoms with Crippen molar-refractivity contribution in [1.29, 1.82) is 0 Å². The van der Waals surface area contributed by atoms with E-state index in [0.29, 0.717) is 18.3 Å². The standard InChI is InChI=1S/C27H35N5O/c1-31-24-14-5-4-12-22(24)29-25(31)19-32-16-8-11-21(18-32)27(23-13-6-7-15-28-23)30-26(33)17-20-9-2-3-10-20/h4-7,12-15,20-21,27H,2-3,8-11,16-19H2,1H3,(H,30,33)/t21-,27+/m1/s1. The molecule has 1 N–H and O–H groups in total. The highest BCUT2D eigenvalue weighted by molar-refractivity contribution is 5.77. The molecule has 3 heterocycles. The zero-order valence-electron chi connectivity index (χ0n) is 19.6. The van der Waals surface area contributed by atoms with Crippen molar-refractivity contribution in [2.75, 3.05) is 13.1 Å². The van der Waals surface area contributed by atoms with Gasteiger partial charge in [0.25, 0.3) is 0 Å². The Morgan fingerprint density at radius 3 is 2.70 bits per heavy atom. The third-order valence-corrected chi connectivity index (χ3v) is 7.53. The number of amides is 1. The quantitative estimate of drug-likeness (QED) is 0.576. The van der Waals surface area contributed by atoms with E-state index >= 15 is 0 Å². The van der Waals surface area contributed by atoms with Crippen LogP contribution < -0.4 is 5.32 Å². The molecule has 1 saturated heterocycles. The van der Waals surface area contributed by atoms with E-state index in [4.69, 9.17) is 4.98 Å². The minimum atomic E-state index is -0.0386. The van der Waals surface area contributed by atoms with Gasteiger partial charge in [0.05, 0.1) is 29.3 Å². The van der Waals surface area contributed by atoms with Crippen molar-refractivity contribution >= 4 is 16.9 Å². The van der Waals surface area contributed by atoms with E-state index in [0.717, 1.165) is 49.5 Å². The molecule has 33 heavy (non-hydrogen) atoms. The van der Waals surface area contributed by atoms with Crippen LogP contribution in [0.15, 0.2) is 48.7 Å². The first-order valence-corrected chi connectivity index (χ1v) is 12.5. The maximum absolute atomic E-state index is 13.0. The van der Waals surface area contributed by atoms with Crippen LogP contribution in [0, 0.1) is 11.8 Å². The zero-order chi connectivity index (χ0) is 22.6.